The summed E-state index contributed by atoms with van der Waals surface area (Å²) >= 11 is 0. The van der Waals surface area contributed by atoms with Crippen molar-refractivity contribution in [1.29, 1.82) is 0 Å². The number of nitrogens with one attached hydrogen (secondary N) is 1. The first-order valence-electron chi connectivity index (χ1n) is 18.9. The van der Waals surface area contributed by atoms with Gasteiger partial charge in [0.1, 0.15) is 41.4 Å². The van der Waals surface area contributed by atoms with E-state index in [1.54, 1.807) is 77.1 Å². The molecule has 2 aromatic heterocycles. The number of hydrogen-bond donors (Lipinski definition) is 2. The SMILES string of the molecule is CC(C)C(=O)O[C@H]1[C@H](c2ccc3c(N)ncnn23)O[C@](C)(CO[P@@](=O)(N[C@@H](C)C(=O)OC2CCC(C(C)(C)C)CC2)Oc2ccccc2)[C@H]1OC(=O)C(C)C. The van der Waals surface area contributed by atoms with Crippen molar-refractivity contribution in [3.8, 4) is 5.75 Å². The molecule has 6 atom stereocenters. The third kappa shape index (κ3) is 10.0. The minimum atomic E-state index is -4.42. The number of benzene rings is 1. The molecular weight excluding hydrogens is 729 g/mol. The molecule has 15 nitrogen and oxygen atoms in total. The Labute approximate surface area is 322 Å². The van der Waals surface area contributed by atoms with Crippen molar-refractivity contribution in [2.45, 2.75) is 124 Å². The van der Waals surface area contributed by atoms with Crippen LogP contribution in [0.4, 0.5) is 5.82 Å². The number of anilines is 1. The van der Waals surface area contributed by atoms with Gasteiger partial charge in [-0.05, 0) is 75.1 Å². The highest BCUT2D eigenvalue weighted by atomic mass is 31.2. The highest BCUT2D eigenvalue weighted by Crippen LogP contribution is 2.50. The van der Waals surface area contributed by atoms with Crippen LogP contribution < -0.4 is 15.3 Å². The topological polar surface area (TPSA) is 192 Å². The third-order valence-corrected chi connectivity index (χ3v) is 11.8. The van der Waals surface area contributed by atoms with E-state index in [4.69, 9.17) is 33.7 Å². The van der Waals surface area contributed by atoms with Crippen LogP contribution in [0.2, 0.25) is 0 Å². The predicted molar refractivity (Wildman–Crippen MR) is 204 cm³/mol. The van der Waals surface area contributed by atoms with Gasteiger partial charge in [0.2, 0.25) is 0 Å². The molecule has 16 heteroatoms. The van der Waals surface area contributed by atoms with E-state index in [1.165, 1.54) is 17.8 Å². The number of esters is 3. The normalized spacial score (nSPS) is 26.1. The molecule has 1 aliphatic heterocycles. The number of carbonyl (C=O) groups excluding carboxylic acids is 3. The van der Waals surface area contributed by atoms with Gasteiger partial charge in [0, 0.05) is 0 Å². The van der Waals surface area contributed by atoms with Gasteiger partial charge >= 0.3 is 25.7 Å². The molecule has 1 saturated heterocycles. The Balaban J connectivity index is 1.44. The lowest BCUT2D eigenvalue weighted by molar-refractivity contribution is -0.175. The van der Waals surface area contributed by atoms with Gasteiger partial charge in [-0.1, -0.05) is 66.7 Å². The highest BCUT2D eigenvalue weighted by molar-refractivity contribution is 7.52. The number of carbonyl (C=O) groups is 3. The summed E-state index contributed by atoms with van der Waals surface area (Å²) in [5.41, 5.74) is 5.59. The van der Waals surface area contributed by atoms with Crippen molar-refractivity contribution in [1.82, 2.24) is 19.7 Å². The van der Waals surface area contributed by atoms with Crippen LogP contribution in [-0.2, 0) is 42.4 Å². The number of aromatic nitrogens is 3. The standard InChI is InChI=1S/C39H56N5O10P/c1-23(2)35(45)51-32-31(29-19-20-30-34(40)41-22-42-44(29)30)53-39(9,33(32)52-36(46)24(3)4)21-49-55(48,54-28-13-11-10-12-14-28)43-25(5)37(47)50-27-17-15-26(16-18-27)38(6,7)8/h10-14,19-20,22-27,31-33H,15-18,21H2,1-9H3,(H,43,48)(H2,40,41,42)/t25-,26?,27?,31-,32-,33-,39+,55-/m0/s1. The van der Waals surface area contributed by atoms with E-state index in [-0.39, 0.29) is 23.1 Å². The van der Waals surface area contributed by atoms with Crippen molar-refractivity contribution >= 4 is 37.0 Å². The molecule has 1 aromatic carbocycles. The summed E-state index contributed by atoms with van der Waals surface area (Å²) in [5, 5.41) is 7.10. The molecule has 55 heavy (non-hydrogen) atoms. The minimum absolute atomic E-state index is 0.169. The molecule has 0 amide bonds. The molecule has 0 spiro atoms. The lowest BCUT2D eigenvalue weighted by Gasteiger charge is -2.37. The number of nitrogens with two attached hydrogens (primary N) is 1. The molecule has 1 saturated carbocycles. The van der Waals surface area contributed by atoms with Crippen LogP contribution >= 0.6 is 7.75 Å². The molecule has 302 valence electrons. The summed E-state index contributed by atoms with van der Waals surface area (Å²) < 4.78 is 52.9. The Morgan fingerprint density at radius 3 is 2.20 bits per heavy atom. The fraction of sp³-hybridized carbons (Fsp3) is 0.615. The van der Waals surface area contributed by atoms with E-state index in [1.807, 2.05) is 0 Å². The van der Waals surface area contributed by atoms with E-state index >= 15 is 0 Å². The second kappa shape index (κ2) is 17.0. The molecule has 0 bridgehead atoms. The number of hydrogen-bond acceptors (Lipinski definition) is 13. The zero-order chi connectivity index (χ0) is 40.3. The van der Waals surface area contributed by atoms with Crippen LogP contribution in [-0.4, -0.2) is 69.1 Å². The molecule has 1 aliphatic carbocycles. The Kier molecular flexibility index (Phi) is 13.0. The average molecular weight is 786 g/mol. The largest absolute Gasteiger partial charge is 0.461 e. The monoisotopic (exact) mass is 785 g/mol. The van der Waals surface area contributed by atoms with E-state index in [0.717, 1.165) is 25.7 Å². The maximum atomic E-state index is 14.7. The molecule has 3 N–H and O–H groups in total. The summed E-state index contributed by atoms with van der Waals surface area (Å²) in [6, 6.07) is 10.6. The lowest BCUT2D eigenvalue weighted by atomic mass is 9.72. The van der Waals surface area contributed by atoms with Crippen molar-refractivity contribution in [3.05, 3.63) is 54.5 Å². The molecule has 0 radical (unpaired) electrons. The number of rotatable bonds is 14. The van der Waals surface area contributed by atoms with Gasteiger partial charge in [0.25, 0.3) is 0 Å². The van der Waals surface area contributed by atoms with Crippen LogP contribution in [0.15, 0.2) is 48.8 Å². The van der Waals surface area contributed by atoms with Crippen LogP contribution in [0.1, 0.15) is 99.8 Å². The summed E-state index contributed by atoms with van der Waals surface area (Å²) in [7, 11) is -4.42. The molecule has 3 heterocycles. The average Bonchev–Trinajstić information content (AvgIpc) is 3.67. The first-order chi connectivity index (χ1) is 25.8. The van der Waals surface area contributed by atoms with Crippen molar-refractivity contribution in [2.24, 2.45) is 23.2 Å². The number of para-hydroxylation sites is 1. The number of fused-ring (bicyclic) bond motifs is 1. The first kappa shape index (κ1) is 42.1. The molecule has 3 aromatic rings. The lowest BCUT2D eigenvalue weighted by Crippen LogP contribution is -2.49. The van der Waals surface area contributed by atoms with Gasteiger partial charge in [0.05, 0.1) is 24.1 Å². The summed E-state index contributed by atoms with van der Waals surface area (Å²) in [4.78, 5) is 43.9. The van der Waals surface area contributed by atoms with Crippen molar-refractivity contribution in [3.63, 3.8) is 0 Å². The fourth-order valence-corrected chi connectivity index (χ4v) is 8.42. The first-order valence-corrected chi connectivity index (χ1v) is 20.5. The number of nitrogens with zero attached hydrogens (tertiary/aromatic N) is 3. The second-order valence-electron chi connectivity index (χ2n) is 16.4. The van der Waals surface area contributed by atoms with Gasteiger partial charge in [-0.2, -0.15) is 10.2 Å². The van der Waals surface area contributed by atoms with E-state index in [9.17, 15) is 18.9 Å². The fourth-order valence-electron chi connectivity index (χ4n) is 6.84. The van der Waals surface area contributed by atoms with Crippen LogP contribution in [0.3, 0.4) is 0 Å². The van der Waals surface area contributed by atoms with Gasteiger partial charge < -0.3 is 29.2 Å². The van der Waals surface area contributed by atoms with Crippen molar-refractivity contribution < 1.29 is 46.9 Å². The highest BCUT2D eigenvalue weighted by Gasteiger charge is 2.59. The maximum absolute atomic E-state index is 14.7. The van der Waals surface area contributed by atoms with Crippen LogP contribution in [0.25, 0.3) is 5.52 Å². The molecule has 2 aliphatic rings. The van der Waals surface area contributed by atoms with E-state index in [0.29, 0.717) is 17.1 Å². The summed E-state index contributed by atoms with van der Waals surface area (Å²) in [6.07, 6.45) is 0.833. The smallest absolute Gasteiger partial charge is 0.459 e. The van der Waals surface area contributed by atoms with Crippen molar-refractivity contribution in [2.75, 3.05) is 12.3 Å². The van der Waals surface area contributed by atoms with Crippen LogP contribution in [0.5, 0.6) is 5.75 Å². The Hall–Kier alpha value is -4.04. The zero-order valence-electron chi connectivity index (χ0n) is 33.2. The van der Waals surface area contributed by atoms with Gasteiger partial charge in [-0.25, -0.2) is 14.1 Å². The molecular formula is C39H56N5O10P. The second-order valence-corrected chi connectivity index (χ2v) is 18.1. The quantitative estimate of drug-likeness (QED) is 0.101. The maximum Gasteiger partial charge on any atom is 0.459 e. The summed E-state index contributed by atoms with van der Waals surface area (Å²) in [6.45, 7) is 16.0. The minimum Gasteiger partial charge on any atom is -0.461 e. The van der Waals surface area contributed by atoms with Crippen LogP contribution in [0, 0.1) is 23.2 Å². The third-order valence-electron chi connectivity index (χ3n) is 10.2. The number of nitrogen functional groups attached to an aromatic ring is 1. The van der Waals surface area contributed by atoms with Gasteiger partial charge in [-0.3, -0.25) is 18.9 Å². The summed E-state index contributed by atoms with van der Waals surface area (Å²) in [5.74, 6) is -1.91. The predicted octanol–water partition coefficient (Wildman–Crippen LogP) is 6.61. The molecule has 0 unspecified atom stereocenters. The Morgan fingerprint density at radius 1 is 0.945 bits per heavy atom. The van der Waals surface area contributed by atoms with Gasteiger partial charge in [0.15, 0.2) is 18.0 Å². The zero-order valence-corrected chi connectivity index (χ0v) is 34.1. The van der Waals surface area contributed by atoms with E-state index < -0.39 is 74.1 Å². The van der Waals surface area contributed by atoms with E-state index in [2.05, 4.69) is 35.9 Å². The Bertz CT molecular complexity index is 1860. The van der Waals surface area contributed by atoms with Gasteiger partial charge in [-0.15, -0.1) is 0 Å². The number of ether oxygens (including phenoxy) is 4. The molecule has 5 rings (SSSR count). The Morgan fingerprint density at radius 2 is 1.58 bits per heavy atom. The molecule has 2 fully saturated rings.